The number of rotatable bonds is 2. The number of fused-ring (bicyclic) bond motifs is 2. The van der Waals surface area contributed by atoms with Crippen LogP contribution in [0.2, 0.25) is 5.02 Å². The Hall–Kier alpha value is -1.64. The molecule has 2 aliphatic heterocycles. The van der Waals surface area contributed by atoms with E-state index in [2.05, 4.69) is 11.4 Å². The first-order chi connectivity index (χ1) is 11.9. The minimum absolute atomic E-state index is 0.0513. The first-order valence-corrected chi connectivity index (χ1v) is 9.84. The number of benzene rings is 2. The van der Waals surface area contributed by atoms with Gasteiger partial charge in [0.25, 0.3) is 0 Å². The molecular weight excluding hydrogens is 364 g/mol. The molecule has 2 aromatic carbocycles. The smallest absolute Gasteiger partial charge is 0.238 e. The zero-order valence-electron chi connectivity index (χ0n) is 13.3. The van der Waals surface area contributed by atoms with Crippen LogP contribution in [-0.2, 0) is 27.9 Å². The van der Waals surface area contributed by atoms with E-state index in [9.17, 15) is 8.42 Å². The molecule has 2 aromatic rings. The summed E-state index contributed by atoms with van der Waals surface area (Å²) in [5.41, 5.74) is 4.08. The number of sulfonamides is 1. The molecular formula is C17H17ClN2O4S. The van der Waals surface area contributed by atoms with Crippen molar-refractivity contribution in [3.8, 4) is 5.75 Å². The molecule has 0 saturated heterocycles. The van der Waals surface area contributed by atoms with E-state index < -0.39 is 10.0 Å². The summed E-state index contributed by atoms with van der Waals surface area (Å²) < 4.78 is 22.9. The number of hydrogen-bond acceptors (Lipinski definition) is 5. The van der Waals surface area contributed by atoms with E-state index in [1.54, 1.807) is 12.1 Å². The minimum atomic E-state index is -3.70. The Balaban J connectivity index is 1.81. The van der Waals surface area contributed by atoms with Gasteiger partial charge in [0.05, 0.1) is 9.92 Å². The van der Waals surface area contributed by atoms with Crippen LogP contribution in [0, 0.1) is 0 Å². The lowest BCUT2D eigenvalue weighted by Gasteiger charge is -2.20. The number of hydrogen-bond donors (Lipinski definition) is 2. The molecule has 25 heavy (non-hydrogen) atoms. The fourth-order valence-corrected chi connectivity index (χ4v) is 4.29. The van der Waals surface area contributed by atoms with Crippen molar-refractivity contribution in [2.24, 2.45) is 5.14 Å². The number of nitrogens with one attached hydrogen (secondary N) is 1. The van der Waals surface area contributed by atoms with Crippen LogP contribution >= 0.6 is 11.6 Å². The van der Waals surface area contributed by atoms with Gasteiger partial charge in [-0.25, -0.2) is 13.6 Å². The van der Waals surface area contributed by atoms with Crippen molar-refractivity contribution in [1.82, 2.24) is 5.32 Å². The van der Waals surface area contributed by atoms with Crippen molar-refractivity contribution >= 4 is 21.6 Å². The number of nitrogens with two attached hydrogens (primary N) is 1. The summed E-state index contributed by atoms with van der Waals surface area (Å²) in [6.07, 6.45) is 0.788. The lowest BCUT2D eigenvalue weighted by atomic mass is 9.87. The Morgan fingerprint density at radius 1 is 1.24 bits per heavy atom. The molecule has 8 heteroatoms. The molecule has 1 unspecified atom stereocenters. The lowest BCUT2D eigenvalue weighted by molar-refractivity contribution is -0.194. The van der Waals surface area contributed by atoms with Crippen molar-refractivity contribution in [2.45, 2.75) is 23.8 Å². The maximum absolute atomic E-state index is 11.5. The quantitative estimate of drug-likeness (QED) is 0.778. The highest BCUT2D eigenvalue weighted by molar-refractivity contribution is 7.89. The van der Waals surface area contributed by atoms with Crippen LogP contribution in [0.15, 0.2) is 35.2 Å². The van der Waals surface area contributed by atoms with E-state index in [0.29, 0.717) is 17.4 Å². The van der Waals surface area contributed by atoms with Gasteiger partial charge in [-0.05, 0) is 47.9 Å². The topological polar surface area (TPSA) is 90.7 Å². The zero-order chi connectivity index (χ0) is 17.6. The van der Waals surface area contributed by atoms with Crippen molar-refractivity contribution in [3.05, 3.63) is 57.6 Å². The van der Waals surface area contributed by atoms with Crippen molar-refractivity contribution in [3.63, 3.8) is 0 Å². The molecule has 0 radical (unpaired) electrons. The highest BCUT2D eigenvalue weighted by atomic mass is 35.5. The lowest BCUT2D eigenvalue weighted by Crippen LogP contribution is -2.21. The third-order valence-electron chi connectivity index (χ3n) is 4.68. The van der Waals surface area contributed by atoms with Crippen LogP contribution in [0.1, 0.15) is 28.2 Å². The Labute approximate surface area is 150 Å². The van der Waals surface area contributed by atoms with Crippen LogP contribution < -0.4 is 15.3 Å². The predicted octanol–water partition coefficient (Wildman–Crippen LogP) is 2.09. The molecule has 2 heterocycles. The SMILES string of the molecule is NS(=O)(=O)c1ccc(C2CNCCc3c2cc2c(c3Cl)OOC2)cc1. The van der Waals surface area contributed by atoms with Gasteiger partial charge in [0, 0.05) is 18.0 Å². The predicted molar refractivity (Wildman–Crippen MR) is 93.1 cm³/mol. The monoisotopic (exact) mass is 380 g/mol. The molecule has 4 rings (SSSR count). The van der Waals surface area contributed by atoms with E-state index in [1.165, 1.54) is 12.1 Å². The Morgan fingerprint density at radius 2 is 2.00 bits per heavy atom. The molecule has 0 amide bonds. The van der Waals surface area contributed by atoms with Crippen molar-refractivity contribution in [2.75, 3.05) is 13.1 Å². The van der Waals surface area contributed by atoms with E-state index in [1.807, 2.05) is 0 Å². The fraction of sp³-hybridized carbons (Fsp3) is 0.294. The molecule has 132 valence electrons. The van der Waals surface area contributed by atoms with E-state index >= 15 is 0 Å². The molecule has 0 saturated carbocycles. The van der Waals surface area contributed by atoms with Crippen molar-refractivity contribution in [1.29, 1.82) is 0 Å². The normalized spacial score (nSPS) is 19.7. The highest BCUT2D eigenvalue weighted by Crippen LogP contribution is 2.42. The standard InChI is InChI=1S/C17H17ClN2O4S/c18-16-13-5-6-20-8-15(14(13)7-11-9-23-24-17(11)16)10-1-3-12(4-2-10)25(19,21)22/h1-4,7,15,20H,5-6,8-9H2,(H2,19,21,22). The van der Waals surface area contributed by atoms with Gasteiger partial charge in [-0.15, -0.1) is 0 Å². The van der Waals surface area contributed by atoms with E-state index in [-0.39, 0.29) is 10.8 Å². The Kier molecular flexibility index (Phi) is 4.21. The average molecular weight is 381 g/mol. The number of halogens is 1. The largest absolute Gasteiger partial charge is 0.335 e. The van der Waals surface area contributed by atoms with Crippen LogP contribution in [0.5, 0.6) is 5.75 Å². The summed E-state index contributed by atoms with van der Waals surface area (Å²) in [6.45, 7) is 1.91. The van der Waals surface area contributed by atoms with Crippen molar-refractivity contribution < 1.29 is 18.2 Å². The molecule has 0 aliphatic carbocycles. The summed E-state index contributed by atoms with van der Waals surface area (Å²) in [6, 6.07) is 8.76. The zero-order valence-corrected chi connectivity index (χ0v) is 14.9. The summed E-state index contributed by atoms with van der Waals surface area (Å²) >= 11 is 6.55. The van der Waals surface area contributed by atoms with Gasteiger partial charge in [0.2, 0.25) is 10.0 Å². The maximum Gasteiger partial charge on any atom is 0.238 e. The van der Waals surface area contributed by atoms with Crippen LogP contribution in [-0.4, -0.2) is 21.5 Å². The second kappa shape index (κ2) is 6.26. The summed E-state index contributed by atoms with van der Waals surface area (Å²) in [5.74, 6) is 0.654. The van der Waals surface area contributed by atoms with Gasteiger partial charge >= 0.3 is 0 Å². The first kappa shape index (κ1) is 16.8. The molecule has 6 nitrogen and oxygen atoms in total. The molecule has 0 aromatic heterocycles. The molecule has 2 aliphatic rings. The minimum Gasteiger partial charge on any atom is -0.335 e. The maximum atomic E-state index is 11.5. The molecule has 3 N–H and O–H groups in total. The second-order valence-corrected chi connectivity index (χ2v) is 8.15. The van der Waals surface area contributed by atoms with Crippen LogP contribution in [0.4, 0.5) is 0 Å². The summed E-state index contributed by atoms with van der Waals surface area (Å²) in [7, 11) is -3.70. The molecule has 0 spiro atoms. The third kappa shape index (κ3) is 3.02. The van der Waals surface area contributed by atoms with Crippen LogP contribution in [0.25, 0.3) is 0 Å². The Bertz CT molecular complexity index is 929. The van der Waals surface area contributed by atoms with Gasteiger partial charge in [-0.2, -0.15) is 4.89 Å². The van der Waals surface area contributed by atoms with Crippen LogP contribution in [0.3, 0.4) is 0 Å². The van der Waals surface area contributed by atoms with E-state index in [0.717, 1.165) is 41.8 Å². The highest BCUT2D eigenvalue weighted by Gasteiger charge is 2.28. The molecule has 1 atom stereocenters. The van der Waals surface area contributed by atoms with Gasteiger partial charge in [0.15, 0.2) is 5.75 Å². The molecule has 0 bridgehead atoms. The molecule has 0 fully saturated rings. The third-order valence-corrected chi connectivity index (χ3v) is 6.01. The number of primary sulfonamides is 1. The van der Waals surface area contributed by atoms with E-state index in [4.69, 9.17) is 26.5 Å². The van der Waals surface area contributed by atoms with Gasteiger partial charge in [-0.1, -0.05) is 23.7 Å². The Morgan fingerprint density at radius 3 is 2.72 bits per heavy atom. The average Bonchev–Trinajstić information content (AvgIpc) is 2.94. The first-order valence-electron chi connectivity index (χ1n) is 7.92. The summed E-state index contributed by atoms with van der Waals surface area (Å²) in [4.78, 5) is 10.4. The fourth-order valence-electron chi connectivity index (χ4n) is 3.42. The second-order valence-electron chi connectivity index (χ2n) is 6.21. The summed E-state index contributed by atoms with van der Waals surface area (Å²) in [5, 5.41) is 9.20. The van der Waals surface area contributed by atoms with Gasteiger partial charge in [-0.3, -0.25) is 0 Å². The van der Waals surface area contributed by atoms with Gasteiger partial charge < -0.3 is 10.2 Å². The van der Waals surface area contributed by atoms with Gasteiger partial charge in [0.1, 0.15) is 6.61 Å².